The van der Waals surface area contributed by atoms with Crippen molar-refractivity contribution in [3.8, 4) is 11.1 Å². The maximum atomic E-state index is 14.3. The van der Waals surface area contributed by atoms with Gasteiger partial charge < -0.3 is 10.0 Å². The van der Waals surface area contributed by atoms with E-state index in [2.05, 4.69) is 4.98 Å². The van der Waals surface area contributed by atoms with Gasteiger partial charge in [-0.3, -0.25) is 9.78 Å². The molecule has 0 aliphatic heterocycles. The number of carboxylic acids is 1. The summed E-state index contributed by atoms with van der Waals surface area (Å²) in [7, 11) is 3.72. The van der Waals surface area contributed by atoms with E-state index in [-0.39, 0.29) is 5.82 Å². The van der Waals surface area contributed by atoms with Crippen molar-refractivity contribution in [3.63, 3.8) is 0 Å². The van der Waals surface area contributed by atoms with Crippen LogP contribution < -0.4 is 4.90 Å². The van der Waals surface area contributed by atoms with E-state index in [1.165, 1.54) is 6.07 Å². The van der Waals surface area contributed by atoms with Gasteiger partial charge in [-0.25, -0.2) is 4.39 Å². The Balaban J connectivity index is 1.95. The quantitative estimate of drug-likeness (QED) is 0.947. The van der Waals surface area contributed by atoms with Crippen LogP contribution in [0.15, 0.2) is 30.5 Å². The predicted molar refractivity (Wildman–Crippen MR) is 82.5 cm³/mol. The number of rotatable bonds is 3. The van der Waals surface area contributed by atoms with Crippen LogP contribution >= 0.6 is 0 Å². The third-order valence-electron chi connectivity index (χ3n) is 4.10. The summed E-state index contributed by atoms with van der Waals surface area (Å²) in [6.07, 6.45) is 2.53. The number of benzene rings is 1. The molecule has 22 heavy (non-hydrogen) atoms. The number of aromatic nitrogens is 1. The Bertz CT molecular complexity index is 743. The molecule has 0 amide bonds. The van der Waals surface area contributed by atoms with Crippen LogP contribution in [0, 0.1) is 11.7 Å². The molecule has 1 N–H and O–H groups in total. The van der Waals surface area contributed by atoms with Crippen molar-refractivity contribution in [1.29, 1.82) is 0 Å². The second-order valence-corrected chi connectivity index (χ2v) is 5.83. The van der Waals surface area contributed by atoms with Gasteiger partial charge in [0.1, 0.15) is 5.82 Å². The molecule has 0 radical (unpaired) electrons. The SMILES string of the molecule is CN(C)c1ccc(-c2cnc3c(c2)CC(C(=O)O)C3)c(F)c1. The summed E-state index contributed by atoms with van der Waals surface area (Å²) in [4.78, 5) is 17.3. The van der Waals surface area contributed by atoms with Crippen molar-refractivity contribution in [2.24, 2.45) is 5.92 Å². The molecule has 1 aliphatic carbocycles. The molecule has 1 unspecified atom stereocenters. The van der Waals surface area contributed by atoms with Gasteiger partial charge in [-0.1, -0.05) is 0 Å². The van der Waals surface area contributed by atoms with Crippen molar-refractivity contribution in [1.82, 2.24) is 4.98 Å². The largest absolute Gasteiger partial charge is 0.481 e. The van der Waals surface area contributed by atoms with E-state index in [1.54, 1.807) is 12.3 Å². The molecule has 1 heterocycles. The lowest BCUT2D eigenvalue weighted by Gasteiger charge is -2.14. The minimum Gasteiger partial charge on any atom is -0.481 e. The van der Waals surface area contributed by atoms with Crippen molar-refractivity contribution in [2.45, 2.75) is 12.8 Å². The first kappa shape index (κ1) is 14.5. The Morgan fingerprint density at radius 1 is 1.32 bits per heavy atom. The number of nitrogens with zero attached hydrogens (tertiary/aromatic N) is 2. The van der Waals surface area contributed by atoms with Gasteiger partial charge in [-0.2, -0.15) is 0 Å². The molecular weight excluding hydrogens is 283 g/mol. The molecule has 2 aromatic rings. The standard InChI is InChI=1S/C17H17FN2O2/c1-20(2)13-3-4-14(15(18)8-13)12-6-10-5-11(17(21)22)7-16(10)19-9-12/h3-4,6,8-9,11H,5,7H2,1-2H3,(H,21,22). The molecule has 0 fully saturated rings. The highest BCUT2D eigenvalue weighted by molar-refractivity contribution is 5.73. The van der Waals surface area contributed by atoms with Gasteiger partial charge in [0.25, 0.3) is 0 Å². The second-order valence-electron chi connectivity index (χ2n) is 5.83. The Morgan fingerprint density at radius 3 is 2.73 bits per heavy atom. The molecule has 1 aromatic carbocycles. The molecule has 1 atom stereocenters. The first-order valence-electron chi connectivity index (χ1n) is 7.13. The van der Waals surface area contributed by atoms with Gasteiger partial charge >= 0.3 is 5.97 Å². The second kappa shape index (κ2) is 5.40. The number of fused-ring (bicyclic) bond motifs is 1. The minimum absolute atomic E-state index is 0.305. The molecule has 1 aliphatic rings. The molecule has 114 valence electrons. The lowest BCUT2D eigenvalue weighted by molar-refractivity contribution is -0.141. The van der Waals surface area contributed by atoms with Crippen LogP contribution in [-0.4, -0.2) is 30.2 Å². The van der Waals surface area contributed by atoms with E-state index < -0.39 is 11.9 Å². The lowest BCUT2D eigenvalue weighted by atomic mass is 10.0. The van der Waals surface area contributed by atoms with Crippen LogP contribution in [0.5, 0.6) is 0 Å². The van der Waals surface area contributed by atoms with E-state index in [0.717, 1.165) is 16.9 Å². The third kappa shape index (κ3) is 2.54. The number of halogens is 1. The van der Waals surface area contributed by atoms with E-state index in [1.807, 2.05) is 31.1 Å². The number of aliphatic carboxylic acids is 1. The molecule has 4 nitrogen and oxygen atoms in total. The summed E-state index contributed by atoms with van der Waals surface area (Å²) in [5, 5.41) is 9.11. The Labute approximate surface area is 128 Å². The highest BCUT2D eigenvalue weighted by Gasteiger charge is 2.28. The number of anilines is 1. The van der Waals surface area contributed by atoms with E-state index in [4.69, 9.17) is 5.11 Å². The topological polar surface area (TPSA) is 53.4 Å². The van der Waals surface area contributed by atoms with Crippen molar-refractivity contribution in [3.05, 3.63) is 47.5 Å². The van der Waals surface area contributed by atoms with Crippen LogP contribution in [0.4, 0.5) is 10.1 Å². The molecule has 1 aromatic heterocycles. The van der Waals surface area contributed by atoms with Crippen molar-refractivity contribution in [2.75, 3.05) is 19.0 Å². The molecule has 0 spiro atoms. The first-order chi connectivity index (χ1) is 10.5. The van der Waals surface area contributed by atoms with Gasteiger partial charge in [0.2, 0.25) is 0 Å². The van der Waals surface area contributed by atoms with Crippen molar-refractivity contribution >= 4 is 11.7 Å². The number of hydrogen-bond donors (Lipinski definition) is 1. The molecule has 0 saturated carbocycles. The van der Waals surface area contributed by atoms with Crippen LogP contribution in [-0.2, 0) is 17.6 Å². The fourth-order valence-corrected chi connectivity index (χ4v) is 2.81. The summed E-state index contributed by atoms with van der Waals surface area (Å²) >= 11 is 0. The zero-order chi connectivity index (χ0) is 15.9. The Kier molecular flexibility index (Phi) is 3.56. The van der Waals surface area contributed by atoms with Gasteiger partial charge in [0.15, 0.2) is 0 Å². The van der Waals surface area contributed by atoms with Crippen LogP contribution in [0.2, 0.25) is 0 Å². The molecule has 0 bridgehead atoms. The molecule has 5 heteroatoms. The average molecular weight is 300 g/mol. The number of carbonyl (C=O) groups is 1. The minimum atomic E-state index is -0.805. The highest BCUT2D eigenvalue weighted by atomic mass is 19.1. The molecule has 0 saturated heterocycles. The summed E-state index contributed by atoms with van der Waals surface area (Å²) in [5.41, 5.74) is 3.68. The lowest BCUT2D eigenvalue weighted by Crippen LogP contribution is -2.13. The zero-order valence-corrected chi connectivity index (χ0v) is 12.5. The highest BCUT2D eigenvalue weighted by Crippen LogP contribution is 2.31. The number of hydrogen-bond acceptors (Lipinski definition) is 3. The van der Waals surface area contributed by atoms with E-state index in [9.17, 15) is 9.18 Å². The van der Waals surface area contributed by atoms with Gasteiger partial charge in [0.05, 0.1) is 5.92 Å². The maximum Gasteiger partial charge on any atom is 0.307 e. The first-order valence-corrected chi connectivity index (χ1v) is 7.13. The van der Waals surface area contributed by atoms with Crippen LogP contribution in [0.3, 0.4) is 0 Å². The third-order valence-corrected chi connectivity index (χ3v) is 4.10. The molecule has 3 rings (SSSR count). The normalized spacial score (nSPS) is 16.4. The van der Waals surface area contributed by atoms with E-state index in [0.29, 0.717) is 24.0 Å². The average Bonchev–Trinajstić information content (AvgIpc) is 2.90. The van der Waals surface area contributed by atoms with Gasteiger partial charge in [-0.05, 0) is 36.2 Å². The fourth-order valence-electron chi connectivity index (χ4n) is 2.81. The fraction of sp³-hybridized carbons (Fsp3) is 0.294. The predicted octanol–water partition coefficient (Wildman–Crippen LogP) is 2.75. The summed E-state index contributed by atoms with van der Waals surface area (Å²) < 4.78 is 14.3. The summed E-state index contributed by atoms with van der Waals surface area (Å²) in [6.45, 7) is 0. The number of carboxylic acid groups (broad SMARTS) is 1. The smallest absolute Gasteiger partial charge is 0.307 e. The zero-order valence-electron chi connectivity index (χ0n) is 12.5. The Morgan fingerprint density at radius 2 is 2.09 bits per heavy atom. The molecular formula is C17H17FN2O2. The summed E-state index contributed by atoms with van der Waals surface area (Å²) in [6, 6.07) is 6.94. The van der Waals surface area contributed by atoms with Crippen LogP contribution in [0.25, 0.3) is 11.1 Å². The van der Waals surface area contributed by atoms with Crippen LogP contribution in [0.1, 0.15) is 11.3 Å². The Hall–Kier alpha value is -2.43. The van der Waals surface area contributed by atoms with Gasteiger partial charge in [0, 0.05) is 49.2 Å². The van der Waals surface area contributed by atoms with Gasteiger partial charge in [-0.15, -0.1) is 0 Å². The monoisotopic (exact) mass is 300 g/mol. The maximum absolute atomic E-state index is 14.3. The van der Waals surface area contributed by atoms with E-state index >= 15 is 0 Å². The number of pyridine rings is 1. The van der Waals surface area contributed by atoms with Crippen molar-refractivity contribution < 1.29 is 14.3 Å². The summed E-state index contributed by atoms with van der Waals surface area (Å²) in [5.74, 6) is -1.53.